The minimum atomic E-state index is -0.258. The van der Waals surface area contributed by atoms with E-state index in [1.807, 2.05) is 18.3 Å². The third kappa shape index (κ3) is 3.88. The first-order chi connectivity index (χ1) is 10.6. The average molecular weight is 373 g/mol. The van der Waals surface area contributed by atoms with Gasteiger partial charge in [0, 0.05) is 23.2 Å². The van der Waals surface area contributed by atoms with Gasteiger partial charge in [-0.2, -0.15) is 0 Å². The van der Waals surface area contributed by atoms with Crippen LogP contribution in [0.25, 0.3) is 10.9 Å². The van der Waals surface area contributed by atoms with Crippen LogP contribution in [-0.2, 0) is 5.54 Å². The molecule has 0 unspecified atom stereocenters. The van der Waals surface area contributed by atoms with E-state index in [-0.39, 0.29) is 30.4 Å². The summed E-state index contributed by atoms with van der Waals surface area (Å²) in [6.45, 7) is 2.28. The third-order valence-corrected chi connectivity index (χ3v) is 4.79. The van der Waals surface area contributed by atoms with Gasteiger partial charge in [0.15, 0.2) is 11.5 Å². The van der Waals surface area contributed by atoms with Crippen LogP contribution in [0.2, 0.25) is 0 Å². The number of hydrogen-bond donors (Lipinski definition) is 1. The van der Waals surface area contributed by atoms with Crippen LogP contribution in [0.3, 0.4) is 0 Å². The Kier molecular flexibility index (Phi) is 7.14. The van der Waals surface area contributed by atoms with E-state index >= 15 is 0 Å². The van der Waals surface area contributed by atoms with Gasteiger partial charge >= 0.3 is 0 Å². The predicted octanol–water partition coefficient (Wildman–Crippen LogP) is 4.46. The molecule has 1 aliphatic carbocycles. The number of methoxy groups -OCH3 is 2. The Morgan fingerprint density at radius 2 is 1.79 bits per heavy atom. The van der Waals surface area contributed by atoms with Crippen LogP contribution in [0.15, 0.2) is 24.4 Å². The number of nitrogens with zero attached hydrogens (tertiary/aromatic N) is 1. The van der Waals surface area contributed by atoms with Gasteiger partial charge in [-0.05, 0) is 36.5 Å². The molecular formula is C18H26Cl2N2O2. The van der Waals surface area contributed by atoms with Gasteiger partial charge in [-0.25, -0.2) is 0 Å². The lowest BCUT2D eigenvalue weighted by atomic mass is 9.73. The monoisotopic (exact) mass is 372 g/mol. The van der Waals surface area contributed by atoms with E-state index in [0.29, 0.717) is 11.7 Å². The van der Waals surface area contributed by atoms with Gasteiger partial charge in [-0.1, -0.05) is 19.8 Å². The molecule has 1 aliphatic rings. The van der Waals surface area contributed by atoms with E-state index in [4.69, 9.17) is 15.2 Å². The summed E-state index contributed by atoms with van der Waals surface area (Å²) in [5.41, 5.74) is 8.46. The minimum Gasteiger partial charge on any atom is -0.493 e. The normalized spacial score (nSPS) is 23.1. The molecular weight excluding hydrogens is 347 g/mol. The Hall–Kier alpha value is -1.23. The summed E-state index contributed by atoms with van der Waals surface area (Å²) in [6, 6.07) is 6.03. The van der Waals surface area contributed by atoms with Crippen LogP contribution in [-0.4, -0.2) is 19.2 Å². The molecule has 2 N–H and O–H groups in total. The summed E-state index contributed by atoms with van der Waals surface area (Å²) in [4.78, 5) is 4.60. The molecule has 0 spiro atoms. The fourth-order valence-corrected chi connectivity index (χ4v) is 3.58. The molecule has 1 heterocycles. The van der Waals surface area contributed by atoms with Crippen LogP contribution < -0.4 is 15.2 Å². The molecule has 1 aromatic heterocycles. The van der Waals surface area contributed by atoms with Crippen molar-refractivity contribution in [1.82, 2.24) is 4.98 Å². The third-order valence-electron chi connectivity index (χ3n) is 4.79. The highest BCUT2D eigenvalue weighted by Gasteiger charge is 2.33. The van der Waals surface area contributed by atoms with Gasteiger partial charge < -0.3 is 15.2 Å². The van der Waals surface area contributed by atoms with Crippen LogP contribution in [0.5, 0.6) is 11.5 Å². The number of fused-ring (bicyclic) bond motifs is 1. The zero-order valence-corrected chi connectivity index (χ0v) is 16.0. The van der Waals surface area contributed by atoms with E-state index < -0.39 is 0 Å². The molecule has 134 valence electrons. The second-order valence-corrected chi connectivity index (χ2v) is 6.48. The van der Waals surface area contributed by atoms with Crippen molar-refractivity contribution < 1.29 is 9.47 Å². The molecule has 24 heavy (non-hydrogen) atoms. The quantitative estimate of drug-likeness (QED) is 0.863. The van der Waals surface area contributed by atoms with Crippen molar-refractivity contribution >= 4 is 35.7 Å². The Balaban J connectivity index is 0.00000144. The van der Waals surface area contributed by atoms with Gasteiger partial charge in [0.2, 0.25) is 0 Å². The maximum Gasteiger partial charge on any atom is 0.162 e. The van der Waals surface area contributed by atoms with Gasteiger partial charge in [-0.3, -0.25) is 4.98 Å². The minimum absolute atomic E-state index is 0. The van der Waals surface area contributed by atoms with Gasteiger partial charge in [-0.15, -0.1) is 24.8 Å². The zero-order valence-electron chi connectivity index (χ0n) is 14.4. The van der Waals surface area contributed by atoms with Crippen molar-refractivity contribution in [2.75, 3.05) is 14.2 Å². The molecule has 1 fully saturated rings. The molecule has 0 saturated heterocycles. The Morgan fingerprint density at radius 3 is 2.42 bits per heavy atom. The summed E-state index contributed by atoms with van der Waals surface area (Å²) in [5.74, 6) is 2.08. The van der Waals surface area contributed by atoms with Crippen molar-refractivity contribution in [3.63, 3.8) is 0 Å². The molecule has 0 amide bonds. The smallest absolute Gasteiger partial charge is 0.162 e. The Morgan fingerprint density at radius 1 is 1.12 bits per heavy atom. The van der Waals surface area contributed by atoms with E-state index in [1.54, 1.807) is 14.2 Å². The van der Waals surface area contributed by atoms with Crippen LogP contribution >= 0.6 is 24.8 Å². The van der Waals surface area contributed by atoms with Crippen molar-refractivity contribution in [1.29, 1.82) is 0 Å². The first-order valence-corrected chi connectivity index (χ1v) is 7.87. The molecule has 0 aliphatic heterocycles. The summed E-state index contributed by atoms with van der Waals surface area (Å²) in [6.07, 6.45) is 6.42. The highest BCUT2D eigenvalue weighted by molar-refractivity contribution is 5.85. The number of hydrogen-bond acceptors (Lipinski definition) is 4. The van der Waals surface area contributed by atoms with Crippen LogP contribution in [0.4, 0.5) is 0 Å². The highest BCUT2D eigenvalue weighted by atomic mass is 35.5. The molecule has 2 atom stereocenters. The van der Waals surface area contributed by atoms with Gasteiger partial charge in [0.05, 0.1) is 19.7 Å². The number of ether oxygens (including phenoxy) is 2. The van der Waals surface area contributed by atoms with E-state index in [9.17, 15) is 0 Å². The molecule has 3 rings (SSSR count). The van der Waals surface area contributed by atoms with E-state index in [0.717, 1.165) is 35.1 Å². The van der Waals surface area contributed by atoms with Crippen molar-refractivity contribution in [2.45, 2.75) is 38.1 Å². The zero-order chi connectivity index (χ0) is 15.7. The maximum absolute atomic E-state index is 6.69. The molecule has 1 aromatic carbocycles. The molecule has 2 aromatic rings. The lowest BCUT2D eigenvalue weighted by molar-refractivity contribution is 0.239. The lowest BCUT2D eigenvalue weighted by Gasteiger charge is -2.37. The first kappa shape index (κ1) is 20.8. The molecule has 0 radical (unpaired) electrons. The number of nitrogens with two attached hydrogens (primary N) is 1. The Labute approximate surface area is 155 Å². The number of pyridine rings is 1. The van der Waals surface area contributed by atoms with Gasteiger partial charge in [0.25, 0.3) is 0 Å². The van der Waals surface area contributed by atoms with Crippen LogP contribution in [0, 0.1) is 5.92 Å². The van der Waals surface area contributed by atoms with Crippen molar-refractivity contribution in [3.8, 4) is 11.5 Å². The molecule has 0 bridgehead atoms. The molecule has 1 saturated carbocycles. The second kappa shape index (κ2) is 8.24. The van der Waals surface area contributed by atoms with Gasteiger partial charge in [0.1, 0.15) is 0 Å². The topological polar surface area (TPSA) is 57.4 Å². The number of halogens is 2. The summed E-state index contributed by atoms with van der Waals surface area (Å²) >= 11 is 0. The SMILES string of the molecule is COc1cc2cc([C@@]3(N)CCC[C@@H](C)C3)cnc2cc1OC.Cl.Cl. The molecule has 6 heteroatoms. The van der Waals surface area contributed by atoms with E-state index in [1.165, 1.54) is 12.8 Å². The largest absolute Gasteiger partial charge is 0.493 e. The summed E-state index contributed by atoms with van der Waals surface area (Å²) < 4.78 is 10.7. The van der Waals surface area contributed by atoms with Crippen molar-refractivity contribution in [3.05, 3.63) is 30.0 Å². The first-order valence-electron chi connectivity index (χ1n) is 7.87. The van der Waals surface area contributed by atoms with E-state index in [2.05, 4.69) is 18.0 Å². The predicted molar refractivity (Wildman–Crippen MR) is 103 cm³/mol. The highest BCUT2D eigenvalue weighted by Crippen LogP contribution is 2.39. The lowest BCUT2D eigenvalue weighted by Crippen LogP contribution is -2.41. The number of aromatic nitrogens is 1. The fourth-order valence-electron chi connectivity index (χ4n) is 3.58. The number of benzene rings is 1. The Bertz CT molecular complexity index is 696. The standard InChI is InChI=1S/C18H24N2O2.2ClH/c1-12-5-4-6-18(19,10-12)14-7-13-8-16(21-2)17(22-3)9-15(13)20-11-14;;/h7-9,11-12H,4-6,10,19H2,1-3H3;2*1H/t12-,18-;;/m1../s1. The summed E-state index contributed by atoms with van der Waals surface area (Å²) in [7, 11) is 3.28. The average Bonchev–Trinajstić information content (AvgIpc) is 2.52. The molecule has 4 nitrogen and oxygen atoms in total. The fraction of sp³-hybridized carbons (Fsp3) is 0.500. The second-order valence-electron chi connectivity index (χ2n) is 6.48. The number of rotatable bonds is 3. The maximum atomic E-state index is 6.69. The van der Waals surface area contributed by atoms with Crippen LogP contribution in [0.1, 0.15) is 38.2 Å². The summed E-state index contributed by atoms with van der Waals surface area (Å²) in [5, 5.41) is 1.04. The van der Waals surface area contributed by atoms with Crippen molar-refractivity contribution in [2.24, 2.45) is 11.7 Å².